The molecule has 0 N–H and O–H groups in total. The number of rotatable bonds is 4. The third-order valence-corrected chi connectivity index (χ3v) is 4.44. The van der Waals surface area contributed by atoms with Gasteiger partial charge in [-0.3, -0.25) is 0 Å². The van der Waals surface area contributed by atoms with Crippen molar-refractivity contribution in [2.75, 3.05) is 0 Å². The van der Waals surface area contributed by atoms with Gasteiger partial charge in [-0.1, -0.05) is 18.2 Å². The number of hydrogen-bond acceptors (Lipinski definition) is 6. The highest BCUT2D eigenvalue weighted by Crippen LogP contribution is 2.32. The van der Waals surface area contributed by atoms with E-state index in [9.17, 15) is 18.0 Å². The fraction of sp³-hybridized carbons (Fsp3) is 0. The zero-order valence-electron chi connectivity index (χ0n) is 10.6. The van der Waals surface area contributed by atoms with Crippen LogP contribution in [0.15, 0.2) is 68.3 Å². The number of hydrogen-bond donors (Lipinski definition) is 0. The molecule has 0 saturated heterocycles. The van der Waals surface area contributed by atoms with Gasteiger partial charge < -0.3 is 0 Å². The van der Waals surface area contributed by atoms with Crippen molar-refractivity contribution in [1.82, 2.24) is 0 Å². The van der Waals surface area contributed by atoms with Crippen LogP contribution in [0.1, 0.15) is 0 Å². The molecule has 0 unspecified atom stereocenters. The second-order valence-corrected chi connectivity index (χ2v) is 5.79. The summed E-state index contributed by atoms with van der Waals surface area (Å²) in [5.41, 5.74) is 0.0105. The van der Waals surface area contributed by atoms with E-state index in [-0.39, 0.29) is 21.2 Å². The topological polar surface area (TPSA) is 93.0 Å². The number of aliphatic imine (C=N–C) groups is 2. The fourth-order valence-corrected chi connectivity index (χ4v) is 3.11. The van der Waals surface area contributed by atoms with Gasteiger partial charge >= 0.3 is 0 Å². The van der Waals surface area contributed by atoms with Gasteiger partial charge in [0.1, 0.15) is 0 Å². The summed E-state index contributed by atoms with van der Waals surface area (Å²) in [4.78, 5) is 27.3. The molecule has 0 atom stereocenters. The van der Waals surface area contributed by atoms with Crippen molar-refractivity contribution in [2.45, 2.75) is 9.79 Å². The van der Waals surface area contributed by atoms with E-state index in [1.165, 1.54) is 42.5 Å². The maximum absolute atomic E-state index is 12.5. The lowest BCUT2D eigenvalue weighted by Gasteiger charge is -2.07. The monoisotopic (exact) mass is 300 g/mol. The summed E-state index contributed by atoms with van der Waals surface area (Å²) in [5.74, 6) is 0. The van der Waals surface area contributed by atoms with E-state index >= 15 is 0 Å². The highest BCUT2D eigenvalue weighted by atomic mass is 32.2. The van der Waals surface area contributed by atoms with Crippen LogP contribution in [0.4, 0.5) is 11.4 Å². The van der Waals surface area contributed by atoms with Crippen LogP contribution >= 0.6 is 0 Å². The molecule has 0 heterocycles. The van der Waals surface area contributed by atoms with Crippen molar-refractivity contribution in [3.8, 4) is 0 Å². The minimum absolute atomic E-state index is 0.0685. The minimum Gasteiger partial charge on any atom is -0.218 e. The molecule has 0 aliphatic rings. The molecule has 0 saturated carbocycles. The van der Waals surface area contributed by atoms with Crippen LogP contribution in [0.25, 0.3) is 0 Å². The van der Waals surface area contributed by atoms with E-state index in [4.69, 9.17) is 0 Å². The van der Waals surface area contributed by atoms with E-state index in [1.54, 1.807) is 18.2 Å². The lowest BCUT2D eigenvalue weighted by atomic mass is 10.3. The smallest absolute Gasteiger partial charge is 0.218 e. The predicted molar refractivity (Wildman–Crippen MR) is 73.9 cm³/mol. The first kappa shape index (κ1) is 14.6. The van der Waals surface area contributed by atoms with E-state index in [1.807, 2.05) is 0 Å². The summed E-state index contributed by atoms with van der Waals surface area (Å²) < 4.78 is 25.0. The van der Waals surface area contributed by atoms with Gasteiger partial charge in [0, 0.05) is 0 Å². The molecular formula is C14H8N2O4S. The van der Waals surface area contributed by atoms with Crippen LogP contribution in [0.5, 0.6) is 0 Å². The first-order chi connectivity index (χ1) is 10.1. The number of benzene rings is 2. The predicted octanol–water partition coefficient (Wildman–Crippen LogP) is 2.45. The lowest BCUT2D eigenvalue weighted by Crippen LogP contribution is -2.02. The van der Waals surface area contributed by atoms with Gasteiger partial charge in [-0.05, 0) is 30.3 Å². The Hall–Kier alpha value is -2.85. The zero-order chi connectivity index (χ0) is 15.3. The van der Waals surface area contributed by atoms with Crippen molar-refractivity contribution in [1.29, 1.82) is 0 Å². The van der Waals surface area contributed by atoms with Crippen LogP contribution in [-0.2, 0) is 19.4 Å². The van der Waals surface area contributed by atoms with Crippen LogP contribution in [-0.4, -0.2) is 20.6 Å². The molecule has 2 rings (SSSR count). The van der Waals surface area contributed by atoms with Gasteiger partial charge in [0.05, 0.1) is 21.2 Å². The summed E-state index contributed by atoms with van der Waals surface area (Å²) in [7, 11) is -3.84. The molecule has 0 fully saturated rings. The normalized spacial score (nSPS) is 10.3. The number of isocyanates is 2. The van der Waals surface area contributed by atoms with Gasteiger partial charge in [-0.2, -0.15) is 9.98 Å². The largest absolute Gasteiger partial charge is 0.240 e. The maximum Gasteiger partial charge on any atom is 0.240 e. The summed E-state index contributed by atoms with van der Waals surface area (Å²) in [5, 5.41) is 0. The molecule has 0 radical (unpaired) electrons. The molecule has 2 aromatic rings. The average Bonchev–Trinajstić information content (AvgIpc) is 2.49. The molecule has 0 spiro atoms. The number of sulfone groups is 1. The van der Waals surface area contributed by atoms with Gasteiger partial charge in [-0.25, -0.2) is 18.0 Å². The Morgan fingerprint density at radius 2 is 1.52 bits per heavy atom. The van der Waals surface area contributed by atoms with E-state index in [2.05, 4.69) is 9.98 Å². The van der Waals surface area contributed by atoms with Crippen LogP contribution in [0, 0.1) is 0 Å². The molecule has 0 bridgehead atoms. The molecule has 104 valence electrons. The molecular weight excluding hydrogens is 292 g/mol. The van der Waals surface area contributed by atoms with E-state index in [0.717, 1.165) is 0 Å². The summed E-state index contributed by atoms with van der Waals surface area (Å²) in [6.45, 7) is 0. The average molecular weight is 300 g/mol. The SMILES string of the molecule is O=C=Nc1ccc(S(=O)(=O)c2ccccc2)c(N=C=O)c1. The zero-order valence-corrected chi connectivity index (χ0v) is 11.4. The molecule has 2 aromatic carbocycles. The Kier molecular flexibility index (Phi) is 4.21. The Bertz CT molecular complexity index is 863. The number of nitrogens with zero attached hydrogens (tertiary/aromatic N) is 2. The first-order valence-electron chi connectivity index (χ1n) is 5.69. The summed E-state index contributed by atoms with van der Waals surface area (Å²) in [6.07, 6.45) is 2.62. The molecule has 0 aliphatic heterocycles. The summed E-state index contributed by atoms with van der Waals surface area (Å²) in [6, 6.07) is 11.5. The Labute approximate surface area is 120 Å². The standard InChI is InChI=1S/C14H8N2O4S/c17-9-15-11-6-7-14(13(8-11)16-10-18)21(19,20)12-4-2-1-3-5-12/h1-8H. The Morgan fingerprint density at radius 1 is 0.857 bits per heavy atom. The van der Waals surface area contributed by atoms with Crippen molar-refractivity contribution in [3.05, 3.63) is 48.5 Å². The third kappa shape index (κ3) is 3.01. The summed E-state index contributed by atoms with van der Waals surface area (Å²) >= 11 is 0. The first-order valence-corrected chi connectivity index (χ1v) is 7.18. The molecule has 0 amide bonds. The van der Waals surface area contributed by atoms with Gasteiger partial charge in [0.25, 0.3) is 0 Å². The van der Waals surface area contributed by atoms with E-state index < -0.39 is 9.84 Å². The van der Waals surface area contributed by atoms with Crippen molar-refractivity contribution in [3.63, 3.8) is 0 Å². The molecule has 6 nitrogen and oxygen atoms in total. The maximum atomic E-state index is 12.5. The van der Waals surface area contributed by atoms with Crippen LogP contribution in [0.3, 0.4) is 0 Å². The second-order valence-electron chi connectivity index (χ2n) is 3.87. The Balaban J connectivity index is 2.68. The quantitative estimate of drug-likeness (QED) is 0.640. The van der Waals surface area contributed by atoms with Gasteiger partial charge in [0.15, 0.2) is 0 Å². The number of carbonyl (C=O) groups excluding carboxylic acids is 2. The Morgan fingerprint density at radius 3 is 2.14 bits per heavy atom. The molecule has 7 heteroatoms. The highest BCUT2D eigenvalue weighted by Gasteiger charge is 2.21. The van der Waals surface area contributed by atoms with Crippen molar-refractivity contribution >= 4 is 33.4 Å². The van der Waals surface area contributed by atoms with E-state index in [0.29, 0.717) is 0 Å². The van der Waals surface area contributed by atoms with Crippen molar-refractivity contribution in [2.24, 2.45) is 9.98 Å². The van der Waals surface area contributed by atoms with Crippen molar-refractivity contribution < 1.29 is 18.0 Å². The van der Waals surface area contributed by atoms with Gasteiger partial charge in [0.2, 0.25) is 22.0 Å². The lowest BCUT2D eigenvalue weighted by molar-refractivity contribution is 0.564. The van der Waals surface area contributed by atoms with Crippen LogP contribution < -0.4 is 0 Å². The molecule has 0 aliphatic carbocycles. The fourth-order valence-electron chi connectivity index (χ4n) is 1.72. The third-order valence-electron chi connectivity index (χ3n) is 2.63. The second kappa shape index (κ2) is 6.07. The highest BCUT2D eigenvalue weighted by molar-refractivity contribution is 7.91. The van der Waals surface area contributed by atoms with Crippen LogP contribution in [0.2, 0.25) is 0 Å². The van der Waals surface area contributed by atoms with Gasteiger partial charge in [-0.15, -0.1) is 0 Å². The molecule has 21 heavy (non-hydrogen) atoms. The minimum atomic E-state index is -3.84. The molecule has 0 aromatic heterocycles.